The lowest BCUT2D eigenvalue weighted by atomic mass is 9.72. The van der Waals surface area contributed by atoms with Gasteiger partial charge >= 0.3 is 0 Å². The van der Waals surface area contributed by atoms with E-state index in [-0.39, 0.29) is 22.5 Å². The summed E-state index contributed by atoms with van der Waals surface area (Å²) in [5, 5.41) is 10.4. The van der Waals surface area contributed by atoms with Gasteiger partial charge in [-0.2, -0.15) is 4.98 Å². The Morgan fingerprint density at radius 2 is 1.71 bits per heavy atom. The van der Waals surface area contributed by atoms with E-state index in [1.165, 1.54) is 7.11 Å². The predicted octanol–water partition coefficient (Wildman–Crippen LogP) is 3.36. The molecule has 5 heteroatoms. The molecule has 1 N–H and O–H groups in total. The van der Waals surface area contributed by atoms with Crippen LogP contribution in [-0.2, 0) is 5.41 Å². The van der Waals surface area contributed by atoms with Gasteiger partial charge in [-0.1, -0.05) is 41.0 Å². The van der Waals surface area contributed by atoms with Gasteiger partial charge < -0.3 is 14.7 Å². The van der Waals surface area contributed by atoms with Gasteiger partial charge in [0, 0.05) is 19.5 Å². The maximum absolute atomic E-state index is 10.4. The highest BCUT2D eigenvalue weighted by Crippen LogP contribution is 2.43. The minimum absolute atomic E-state index is 0.0417. The zero-order valence-electron chi connectivity index (χ0n) is 14.6. The summed E-state index contributed by atoms with van der Waals surface area (Å²) in [6, 6.07) is 0. The number of methoxy groups -OCH3 is 1. The summed E-state index contributed by atoms with van der Waals surface area (Å²) in [4.78, 5) is 10.6. The number of nitrogens with zero attached hydrogens (tertiary/aromatic N) is 3. The third-order valence-electron chi connectivity index (χ3n) is 3.95. The van der Waals surface area contributed by atoms with Crippen LogP contribution in [0.3, 0.4) is 0 Å². The SMILES string of the molecule is CCC(C)(C)CC(C)(C)c1nc(N(C)C)nc(OC)c1O. The molecule has 0 bridgehead atoms. The van der Waals surface area contributed by atoms with Crippen LogP contribution in [0.5, 0.6) is 11.6 Å². The largest absolute Gasteiger partial charge is 0.502 e. The first kappa shape index (κ1) is 17.5. The average Bonchev–Trinajstić information content (AvgIpc) is 2.37. The number of ether oxygens (including phenoxy) is 1. The highest BCUT2D eigenvalue weighted by atomic mass is 16.5. The second kappa shape index (κ2) is 6.08. The number of anilines is 1. The molecule has 0 saturated carbocycles. The summed E-state index contributed by atoms with van der Waals surface area (Å²) in [5.74, 6) is 0.813. The predicted molar refractivity (Wildman–Crippen MR) is 86.3 cm³/mol. The molecule has 0 atom stereocenters. The lowest BCUT2D eigenvalue weighted by Crippen LogP contribution is -2.28. The monoisotopic (exact) mass is 295 g/mol. The zero-order valence-corrected chi connectivity index (χ0v) is 14.6. The minimum Gasteiger partial charge on any atom is -0.502 e. The first-order valence-corrected chi connectivity index (χ1v) is 7.37. The van der Waals surface area contributed by atoms with Crippen molar-refractivity contribution in [1.82, 2.24) is 9.97 Å². The summed E-state index contributed by atoms with van der Waals surface area (Å²) in [6.45, 7) is 10.9. The average molecular weight is 295 g/mol. The maximum Gasteiger partial charge on any atom is 0.261 e. The van der Waals surface area contributed by atoms with E-state index < -0.39 is 0 Å². The molecule has 21 heavy (non-hydrogen) atoms. The fourth-order valence-electron chi connectivity index (χ4n) is 2.64. The molecule has 0 unspecified atom stereocenters. The van der Waals surface area contributed by atoms with Gasteiger partial charge in [-0.25, -0.2) is 4.98 Å². The van der Waals surface area contributed by atoms with E-state index >= 15 is 0 Å². The standard InChI is InChI=1S/C16H29N3O2/c1-9-15(2,3)10-16(4,5)12-11(20)13(21-8)18-14(17-12)19(6)7/h20H,9-10H2,1-8H3. The quantitative estimate of drug-likeness (QED) is 0.872. The van der Waals surface area contributed by atoms with Gasteiger partial charge in [0.15, 0.2) is 0 Å². The highest BCUT2D eigenvalue weighted by molar-refractivity contribution is 5.46. The van der Waals surface area contributed by atoms with E-state index in [1.807, 2.05) is 19.0 Å². The third kappa shape index (κ3) is 3.99. The molecule has 1 heterocycles. The van der Waals surface area contributed by atoms with E-state index in [0.29, 0.717) is 11.6 Å². The fourth-order valence-corrected chi connectivity index (χ4v) is 2.64. The van der Waals surface area contributed by atoms with Gasteiger partial charge in [0.2, 0.25) is 11.7 Å². The van der Waals surface area contributed by atoms with Gasteiger partial charge in [-0.05, 0) is 11.8 Å². The van der Waals surface area contributed by atoms with E-state index in [1.54, 1.807) is 0 Å². The van der Waals surface area contributed by atoms with Crippen LogP contribution in [0, 0.1) is 5.41 Å². The van der Waals surface area contributed by atoms with E-state index in [4.69, 9.17) is 4.74 Å². The van der Waals surface area contributed by atoms with Crippen molar-refractivity contribution in [2.75, 3.05) is 26.1 Å². The smallest absolute Gasteiger partial charge is 0.261 e. The van der Waals surface area contributed by atoms with Crippen LogP contribution in [-0.4, -0.2) is 36.3 Å². The van der Waals surface area contributed by atoms with Crippen LogP contribution >= 0.6 is 0 Å². The van der Waals surface area contributed by atoms with Crippen LogP contribution < -0.4 is 9.64 Å². The topological polar surface area (TPSA) is 58.5 Å². The Balaban J connectivity index is 3.36. The van der Waals surface area contributed by atoms with Crippen molar-refractivity contribution >= 4 is 5.95 Å². The van der Waals surface area contributed by atoms with Crippen molar-refractivity contribution < 1.29 is 9.84 Å². The van der Waals surface area contributed by atoms with Crippen molar-refractivity contribution in [3.8, 4) is 11.6 Å². The van der Waals surface area contributed by atoms with Gasteiger partial charge in [0.05, 0.1) is 12.8 Å². The summed E-state index contributed by atoms with van der Waals surface area (Å²) in [6.07, 6.45) is 1.98. The molecule has 0 spiro atoms. The Bertz CT molecular complexity index is 497. The van der Waals surface area contributed by atoms with Gasteiger partial charge in [-0.15, -0.1) is 0 Å². The Hall–Kier alpha value is -1.52. The third-order valence-corrected chi connectivity index (χ3v) is 3.95. The maximum atomic E-state index is 10.4. The molecule has 1 aromatic rings. The van der Waals surface area contributed by atoms with E-state index in [2.05, 4.69) is 44.6 Å². The molecular formula is C16H29N3O2. The Morgan fingerprint density at radius 3 is 2.14 bits per heavy atom. The molecule has 1 rings (SSSR count). The number of hydrogen-bond donors (Lipinski definition) is 1. The molecule has 1 aromatic heterocycles. The van der Waals surface area contributed by atoms with Crippen molar-refractivity contribution in [1.29, 1.82) is 0 Å². The number of rotatable bonds is 6. The molecule has 0 fully saturated rings. The van der Waals surface area contributed by atoms with Crippen molar-refractivity contribution in [2.24, 2.45) is 5.41 Å². The number of aromatic nitrogens is 2. The van der Waals surface area contributed by atoms with E-state index in [0.717, 1.165) is 12.8 Å². The molecule has 0 aliphatic rings. The summed E-state index contributed by atoms with van der Waals surface area (Å²) in [7, 11) is 5.26. The van der Waals surface area contributed by atoms with E-state index in [9.17, 15) is 5.11 Å². The lowest BCUT2D eigenvalue weighted by Gasteiger charge is -2.34. The molecule has 0 saturated heterocycles. The van der Waals surface area contributed by atoms with Gasteiger partial charge in [0.1, 0.15) is 0 Å². The number of aromatic hydroxyl groups is 1. The molecule has 0 radical (unpaired) electrons. The first-order valence-electron chi connectivity index (χ1n) is 7.37. The van der Waals surface area contributed by atoms with Crippen LogP contribution in [0.15, 0.2) is 0 Å². The lowest BCUT2D eigenvalue weighted by molar-refractivity contribution is 0.238. The number of hydrogen-bond acceptors (Lipinski definition) is 5. The second-order valence-corrected chi connectivity index (χ2v) is 7.20. The van der Waals surface area contributed by atoms with Gasteiger partial charge in [-0.3, -0.25) is 0 Å². The second-order valence-electron chi connectivity index (χ2n) is 7.20. The summed E-state index contributed by atoms with van der Waals surface area (Å²) in [5.41, 5.74) is 0.538. The fraction of sp³-hybridized carbons (Fsp3) is 0.750. The van der Waals surface area contributed by atoms with Crippen LogP contribution in [0.25, 0.3) is 0 Å². The van der Waals surface area contributed by atoms with Crippen LogP contribution in [0.4, 0.5) is 5.95 Å². The Kier molecular flexibility index (Phi) is 5.07. The Morgan fingerprint density at radius 1 is 1.14 bits per heavy atom. The highest BCUT2D eigenvalue weighted by Gasteiger charge is 2.34. The van der Waals surface area contributed by atoms with Crippen molar-refractivity contribution in [3.63, 3.8) is 0 Å². The Labute approximate surface area is 128 Å². The first-order chi connectivity index (χ1) is 9.54. The molecular weight excluding hydrogens is 266 g/mol. The van der Waals surface area contributed by atoms with Crippen molar-refractivity contribution in [3.05, 3.63) is 5.69 Å². The molecule has 5 nitrogen and oxygen atoms in total. The summed E-state index contributed by atoms with van der Waals surface area (Å²) >= 11 is 0. The van der Waals surface area contributed by atoms with Crippen LogP contribution in [0.2, 0.25) is 0 Å². The zero-order chi connectivity index (χ0) is 16.4. The normalized spacial score (nSPS) is 12.4. The van der Waals surface area contributed by atoms with Gasteiger partial charge in [0.25, 0.3) is 5.88 Å². The molecule has 0 aliphatic carbocycles. The molecule has 0 amide bonds. The molecule has 120 valence electrons. The minimum atomic E-state index is -0.273. The summed E-state index contributed by atoms with van der Waals surface area (Å²) < 4.78 is 5.20. The molecule has 0 aliphatic heterocycles. The molecule has 0 aromatic carbocycles. The van der Waals surface area contributed by atoms with Crippen LogP contribution in [0.1, 0.15) is 53.2 Å². The van der Waals surface area contributed by atoms with Crippen molar-refractivity contribution in [2.45, 2.75) is 52.9 Å².